The molecule has 8 heteroatoms. The normalized spacial score (nSPS) is 16.6. The van der Waals surface area contributed by atoms with E-state index in [1.807, 2.05) is 41.6 Å². The Balaban J connectivity index is 1.63. The second kappa shape index (κ2) is 8.61. The van der Waals surface area contributed by atoms with Crippen molar-refractivity contribution in [2.24, 2.45) is 0 Å². The van der Waals surface area contributed by atoms with Crippen LogP contribution in [0.5, 0.6) is 0 Å². The van der Waals surface area contributed by atoms with E-state index in [1.165, 1.54) is 0 Å². The van der Waals surface area contributed by atoms with Crippen LogP contribution in [-0.4, -0.2) is 46.0 Å². The fraction of sp³-hybridized carbons (Fsp3) is 0.409. The van der Waals surface area contributed by atoms with Crippen molar-refractivity contribution in [2.75, 3.05) is 25.0 Å². The van der Waals surface area contributed by atoms with E-state index >= 15 is 0 Å². The van der Waals surface area contributed by atoms with Gasteiger partial charge in [-0.3, -0.25) is 0 Å². The van der Waals surface area contributed by atoms with Crippen LogP contribution in [0.1, 0.15) is 45.1 Å². The number of likely N-dealkylation sites (tertiary alicyclic amines) is 1. The van der Waals surface area contributed by atoms with Gasteiger partial charge in [0.2, 0.25) is 0 Å². The van der Waals surface area contributed by atoms with E-state index in [0.29, 0.717) is 17.9 Å². The Hall–Kier alpha value is -3.29. The minimum atomic E-state index is -0.261. The zero-order valence-electron chi connectivity index (χ0n) is 17.5. The average molecular weight is 409 g/mol. The summed E-state index contributed by atoms with van der Waals surface area (Å²) in [5.74, 6) is 0. The van der Waals surface area contributed by atoms with E-state index in [1.54, 1.807) is 6.20 Å². The first kappa shape index (κ1) is 20.0. The van der Waals surface area contributed by atoms with Crippen molar-refractivity contribution < 1.29 is 9.59 Å². The molecular weight excluding hydrogens is 380 g/mol. The lowest BCUT2D eigenvalue weighted by molar-refractivity contribution is 0.211. The highest BCUT2D eigenvalue weighted by atomic mass is 16.2. The predicted molar refractivity (Wildman–Crippen MR) is 117 cm³/mol. The fourth-order valence-electron chi connectivity index (χ4n) is 4.08. The lowest BCUT2D eigenvalue weighted by atomic mass is 9.91. The number of nitrogens with one attached hydrogen (secondary N) is 3. The summed E-state index contributed by atoms with van der Waals surface area (Å²) in [6.45, 7) is 6.11. The molecule has 4 rings (SSSR count). The van der Waals surface area contributed by atoms with E-state index in [-0.39, 0.29) is 12.1 Å². The Morgan fingerprint density at radius 1 is 1.20 bits per heavy atom. The van der Waals surface area contributed by atoms with Crippen LogP contribution >= 0.6 is 0 Å². The number of rotatable bonds is 4. The van der Waals surface area contributed by atoms with Crippen LogP contribution in [0.3, 0.4) is 0 Å². The van der Waals surface area contributed by atoms with Gasteiger partial charge in [0.1, 0.15) is 0 Å². The molecule has 2 aromatic heterocycles. The molecule has 0 spiro atoms. The number of fused-ring (bicyclic) bond motifs is 1. The topological polar surface area (TPSA) is 90.8 Å². The monoisotopic (exact) mass is 408 g/mol. The first-order valence-corrected chi connectivity index (χ1v) is 10.5. The minimum Gasteiger partial charge on any atom is -0.338 e. The molecule has 3 heterocycles. The largest absolute Gasteiger partial charge is 0.338 e. The second-order valence-electron chi connectivity index (χ2n) is 7.67. The number of hydrogen-bond donors (Lipinski definition) is 3. The van der Waals surface area contributed by atoms with E-state index in [0.717, 1.165) is 61.2 Å². The maximum atomic E-state index is 12.6. The summed E-state index contributed by atoms with van der Waals surface area (Å²) < 4.78 is 1.90. The van der Waals surface area contributed by atoms with E-state index in [9.17, 15) is 9.59 Å². The number of carbonyl (C=O) groups excluding carboxylic acids is 2. The number of imidazole rings is 1. The Morgan fingerprint density at radius 3 is 2.77 bits per heavy atom. The average Bonchev–Trinajstić information content (AvgIpc) is 3.41. The van der Waals surface area contributed by atoms with Gasteiger partial charge >= 0.3 is 12.1 Å². The highest BCUT2D eigenvalue weighted by Gasteiger charge is 2.22. The summed E-state index contributed by atoms with van der Waals surface area (Å²) in [5, 5.41) is 8.78. The molecule has 0 unspecified atom stereocenters. The zero-order chi connectivity index (χ0) is 21.1. The molecule has 2 aliphatic rings. The number of allylic oxidation sites excluding steroid dienone is 4. The van der Waals surface area contributed by atoms with Gasteiger partial charge in [0.05, 0.1) is 5.69 Å². The SMILES string of the molecule is CCNC(=O)Nc1cc(C2=CCCC(NC(=O)N3CCCC3)=C2C)cn2ccnc12. The summed E-state index contributed by atoms with van der Waals surface area (Å²) in [6, 6.07) is 1.67. The highest BCUT2D eigenvalue weighted by molar-refractivity contribution is 5.94. The van der Waals surface area contributed by atoms with Crippen LogP contribution in [0, 0.1) is 0 Å². The summed E-state index contributed by atoms with van der Waals surface area (Å²) in [5.41, 5.74) is 5.38. The first-order valence-electron chi connectivity index (χ1n) is 10.5. The molecule has 0 bridgehead atoms. The van der Waals surface area contributed by atoms with E-state index in [2.05, 4.69) is 27.0 Å². The molecule has 0 aromatic carbocycles. The highest BCUT2D eigenvalue weighted by Crippen LogP contribution is 2.33. The van der Waals surface area contributed by atoms with Crippen LogP contribution in [0.15, 0.2) is 42.0 Å². The van der Waals surface area contributed by atoms with Gasteiger partial charge in [-0.15, -0.1) is 0 Å². The molecule has 0 atom stereocenters. The summed E-state index contributed by atoms with van der Waals surface area (Å²) in [7, 11) is 0. The van der Waals surface area contributed by atoms with Crippen molar-refractivity contribution in [1.82, 2.24) is 24.9 Å². The quantitative estimate of drug-likeness (QED) is 0.720. The number of carbonyl (C=O) groups is 2. The summed E-state index contributed by atoms with van der Waals surface area (Å²) in [6.07, 6.45) is 11.6. The molecule has 30 heavy (non-hydrogen) atoms. The smallest absolute Gasteiger partial charge is 0.321 e. The van der Waals surface area contributed by atoms with Crippen molar-refractivity contribution in [3.8, 4) is 0 Å². The number of amides is 4. The van der Waals surface area contributed by atoms with Crippen molar-refractivity contribution in [3.63, 3.8) is 0 Å². The second-order valence-corrected chi connectivity index (χ2v) is 7.67. The lowest BCUT2D eigenvalue weighted by Crippen LogP contribution is -2.38. The third-order valence-electron chi connectivity index (χ3n) is 5.63. The van der Waals surface area contributed by atoms with Crippen LogP contribution in [0.25, 0.3) is 11.2 Å². The molecule has 3 N–H and O–H groups in total. The van der Waals surface area contributed by atoms with Gasteiger partial charge in [0.15, 0.2) is 5.65 Å². The number of nitrogens with zero attached hydrogens (tertiary/aromatic N) is 3. The maximum Gasteiger partial charge on any atom is 0.321 e. The number of hydrogen-bond acceptors (Lipinski definition) is 3. The Bertz CT molecular complexity index is 1030. The van der Waals surface area contributed by atoms with Crippen LogP contribution in [0.2, 0.25) is 0 Å². The maximum absolute atomic E-state index is 12.6. The van der Waals surface area contributed by atoms with Crippen LogP contribution in [0.4, 0.5) is 15.3 Å². The Labute approximate surface area is 176 Å². The molecule has 1 fully saturated rings. The van der Waals surface area contributed by atoms with Crippen LogP contribution in [-0.2, 0) is 0 Å². The summed E-state index contributed by atoms with van der Waals surface area (Å²) >= 11 is 0. The van der Waals surface area contributed by atoms with Gasteiger partial charge in [0.25, 0.3) is 0 Å². The molecule has 1 aliphatic heterocycles. The van der Waals surface area contributed by atoms with Gasteiger partial charge in [-0.1, -0.05) is 6.08 Å². The van der Waals surface area contributed by atoms with Gasteiger partial charge < -0.3 is 25.3 Å². The number of anilines is 1. The Morgan fingerprint density at radius 2 is 2.00 bits per heavy atom. The van der Waals surface area contributed by atoms with Gasteiger partial charge in [0, 0.05) is 49.5 Å². The van der Waals surface area contributed by atoms with E-state index < -0.39 is 0 Å². The molecule has 0 radical (unpaired) electrons. The number of aromatic nitrogens is 2. The molecule has 2 aromatic rings. The van der Waals surface area contributed by atoms with E-state index in [4.69, 9.17) is 0 Å². The molecule has 4 amide bonds. The standard InChI is InChI=1S/C22H28N6O2/c1-3-23-21(29)25-19-13-16(14-28-12-9-24-20(19)28)17-7-6-8-18(15(17)2)26-22(30)27-10-4-5-11-27/h7,9,12-14H,3-6,8,10-11H2,1-2H3,(H,26,30)(H2,23,25,29). The van der Waals surface area contributed by atoms with Gasteiger partial charge in [-0.05, 0) is 56.7 Å². The van der Waals surface area contributed by atoms with Gasteiger partial charge in [-0.25, -0.2) is 14.6 Å². The Kier molecular flexibility index (Phi) is 5.74. The van der Waals surface area contributed by atoms with Crippen molar-refractivity contribution in [1.29, 1.82) is 0 Å². The van der Waals surface area contributed by atoms with Crippen molar-refractivity contribution in [2.45, 2.75) is 39.5 Å². The van der Waals surface area contributed by atoms with Crippen molar-refractivity contribution >= 4 is 29.0 Å². The van der Waals surface area contributed by atoms with Gasteiger partial charge in [-0.2, -0.15) is 0 Å². The zero-order valence-corrected chi connectivity index (χ0v) is 17.5. The van der Waals surface area contributed by atoms with Crippen LogP contribution < -0.4 is 16.0 Å². The predicted octanol–water partition coefficient (Wildman–Crippen LogP) is 3.73. The minimum absolute atomic E-state index is 0.00764. The molecule has 1 saturated heterocycles. The molecular formula is C22H28N6O2. The first-order chi connectivity index (χ1) is 14.6. The third-order valence-corrected chi connectivity index (χ3v) is 5.63. The number of urea groups is 2. The van der Waals surface area contributed by atoms with Crippen molar-refractivity contribution in [3.05, 3.63) is 47.6 Å². The molecule has 0 saturated carbocycles. The number of pyridine rings is 1. The fourth-order valence-corrected chi connectivity index (χ4v) is 4.08. The summed E-state index contributed by atoms with van der Waals surface area (Å²) in [4.78, 5) is 30.9. The molecule has 158 valence electrons. The molecule has 8 nitrogen and oxygen atoms in total. The third kappa shape index (κ3) is 4.03. The lowest BCUT2D eigenvalue weighted by Gasteiger charge is -2.24. The molecule has 1 aliphatic carbocycles.